The highest BCUT2D eigenvalue weighted by Gasteiger charge is 2.42. The van der Waals surface area contributed by atoms with E-state index in [1.54, 1.807) is 48.5 Å². The first-order valence-corrected chi connectivity index (χ1v) is 12.6. The van der Waals surface area contributed by atoms with Crippen molar-refractivity contribution in [3.05, 3.63) is 105 Å². The summed E-state index contributed by atoms with van der Waals surface area (Å²) in [7, 11) is 2.42. The Morgan fingerprint density at radius 3 is 2.36 bits per heavy atom. The van der Waals surface area contributed by atoms with E-state index in [0.717, 1.165) is 21.1 Å². The van der Waals surface area contributed by atoms with Crippen LogP contribution < -0.4 is 10.6 Å². The van der Waals surface area contributed by atoms with E-state index < -0.39 is 17.9 Å². The average molecular weight is 584 g/mol. The van der Waals surface area contributed by atoms with E-state index in [9.17, 15) is 14.9 Å². The number of nitrogens with zero attached hydrogens (tertiary/aromatic N) is 3. The van der Waals surface area contributed by atoms with Gasteiger partial charge < -0.3 is 20.2 Å². The van der Waals surface area contributed by atoms with Crippen LogP contribution in [0.4, 0.5) is 5.69 Å². The van der Waals surface area contributed by atoms with Crippen LogP contribution in [0.2, 0.25) is 0 Å². The van der Waals surface area contributed by atoms with Crippen molar-refractivity contribution in [1.29, 1.82) is 5.26 Å². The van der Waals surface area contributed by atoms with Crippen molar-refractivity contribution in [2.75, 3.05) is 19.1 Å². The SMILES string of the molecule is COC(=O)C1=C(C(=O)OC)N(c2ccc(-c3nc4ccc(Br)cc4[nH]3)cc2)C(N)=C(C#N)C1c1ccccc1. The number of rotatable bonds is 5. The van der Waals surface area contributed by atoms with E-state index >= 15 is 0 Å². The number of anilines is 1. The summed E-state index contributed by atoms with van der Waals surface area (Å²) in [5.41, 5.74) is 9.99. The number of methoxy groups -OCH3 is 2. The molecule has 0 spiro atoms. The lowest BCUT2D eigenvalue weighted by molar-refractivity contribution is -0.139. The number of fused-ring (bicyclic) bond motifs is 1. The first kappa shape index (κ1) is 25.8. The van der Waals surface area contributed by atoms with Gasteiger partial charge in [-0.3, -0.25) is 4.90 Å². The van der Waals surface area contributed by atoms with Crippen molar-refractivity contribution in [2.24, 2.45) is 5.73 Å². The number of nitriles is 1. The monoisotopic (exact) mass is 583 g/mol. The Kier molecular flexibility index (Phi) is 6.92. The number of hydrogen-bond donors (Lipinski definition) is 2. The normalized spacial score (nSPS) is 15.3. The van der Waals surface area contributed by atoms with Crippen LogP contribution in [0.1, 0.15) is 11.5 Å². The van der Waals surface area contributed by atoms with Crippen molar-refractivity contribution < 1.29 is 19.1 Å². The number of halogens is 1. The second-order valence-electron chi connectivity index (χ2n) is 8.63. The molecule has 0 saturated heterocycles. The number of hydrogen-bond acceptors (Lipinski definition) is 8. The van der Waals surface area contributed by atoms with Gasteiger partial charge in [-0.25, -0.2) is 14.6 Å². The van der Waals surface area contributed by atoms with Crippen molar-refractivity contribution in [3.8, 4) is 17.5 Å². The molecule has 1 atom stereocenters. The van der Waals surface area contributed by atoms with Gasteiger partial charge in [-0.15, -0.1) is 0 Å². The van der Waals surface area contributed by atoms with E-state index in [1.807, 2.05) is 24.3 Å². The highest BCUT2D eigenvalue weighted by Crippen LogP contribution is 2.43. The summed E-state index contributed by atoms with van der Waals surface area (Å²) in [4.78, 5) is 35.7. The maximum absolute atomic E-state index is 13.2. The minimum absolute atomic E-state index is 0.000688. The third-order valence-electron chi connectivity index (χ3n) is 6.45. The summed E-state index contributed by atoms with van der Waals surface area (Å²) in [5.74, 6) is -1.86. The third-order valence-corrected chi connectivity index (χ3v) is 6.95. The summed E-state index contributed by atoms with van der Waals surface area (Å²) in [6.45, 7) is 0. The van der Waals surface area contributed by atoms with Crippen LogP contribution in [-0.4, -0.2) is 36.1 Å². The number of esters is 2. The molecule has 1 unspecified atom stereocenters. The molecule has 0 amide bonds. The van der Waals surface area contributed by atoms with Crippen molar-refractivity contribution in [2.45, 2.75) is 5.92 Å². The summed E-state index contributed by atoms with van der Waals surface area (Å²) >= 11 is 3.46. The zero-order valence-corrected chi connectivity index (χ0v) is 22.5. The second-order valence-corrected chi connectivity index (χ2v) is 9.54. The van der Waals surface area contributed by atoms with Crippen LogP contribution in [-0.2, 0) is 19.1 Å². The molecule has 9 nitrogen and oxygen atoms in total. The van der Waals surface area contributed by atoms with E-state index in [1.165, 1.54) is 19.1 Å². The smallest absolute Gasteiger partial charge is 0.355 e. The largest absolute Gasteiger partial charge is 0.466 e. The number of ether oxygens (including phenoxy) is 2. The molecule has 39 heavy (non-hydrogen) atoms. The Hall–Kier alpha value is -4.88. The molecule has 0 saturated carbocycles. The molecular formula is C29H22BrN5O4. The maximum Gasteiger partial charge on any atom is 0.355 e. The minimum Gasteiger partial charge on any atom is -0.466 e. The van der Waals surface area contributed by atoms with Gasteiger partial charge in [0.1, 0.15) is 17.3 Å². The number of aromatic amines is 1. The molecule has 5 rings (SSSR count). The number of allylic oxidation sites excluding steroid dienone is 1. The molecular weight excluding hydrogens is 562 g/mol. The number of benzene rings is 3. The Labute approximate surface area is 232 Å². The van der Waals surface area contributed by atoms with E-state index in [-0.39, 0.29) is 22.7 Å². The van der Waals surface area contributed by atoms with Gasteiger partial charge in [-0.05, 0) is 48.0 Å². The van der Waals surface area contributed by atoms with Crippen LogP contribution in [0, 0.1) is 11.3 Å². The summed E-state index contributed by atoms with van der Waals surface area (Å²) in [6, 6.07) is 23.8. The van der Waals surface area contributed by atoms with Crippen LogP contribution >= 0.6 is 15.9 Å². The molecule has 0 radical (unpaired) electrons. The van der Waals surface area contributed by atoms with Crippen molar-refractivity contribution >= 4 is 44.6 Å². The van der Waals surface area contributed by atoms with Crippen LogP contribution in [0.3, 0.4) is 0 Å². The van der Waals surface area contributed by atoms with Gasteiger partial charge in [0.05, 0.1) is 48.4 Å². The number of carbonyl (C=O) groups is 2. The molecule has 194 valence electrons. The fourth-order valence-corrected chi connectivity index (χ4v) is 5.03. The van der Waals surface area contributed by atoms with Crippen LogP contribution in [0.25, 0.3) is 22.4 Å². The molecule has 1 aromatic heterocycles. The van der Waals surface area contributed by atoms with Gasteiger partial charge in [0.15, 0.2) is 0 Å². The molecule has 1 aliphatic heterocycles. The zero-order valence-electron chi connectivity index (χ0n) is 20.9. The topological polar surface area (TPSA) is 134 Å². The standard InChI is InChI=1S/C29H22BrN5O4/c1-38-28(36)24-23(16-6-4-3-5-7-16)20(15-31)26(32)35(25(24)29(37)39-2)19-11-8-17(9-12-19)27-33-21-13-10-18(30)14-22(21)34-27/h3-14,23H,32H2,1-2H3,(H,33,34). The molecule has 10 heteroatoms. The number of nitrogens with two attached hydrogens (primary N) is 1. The number of nitrogens with one attached hydrogen (secondary N) is 1. The predicted octanol–water partition coefficient (Wildman–Crippen LogP) is 4.89. The first-order chi connectivity index (χ1) is 18.9. The van der Waals surface area contributed by atoms with Gasteiger partial charge >= 0.3 is 11.9 Å². The number of imidazole rings is 1. The minimum atomic E-state index is -0.928. The molecule has 2 heterocycles. The molecule has 4 aromatic rings. The van der Waals surface area contributed by atoms with Gasteiger partial charge in [0.2, 0.25) is 0 Å². The van der Waals surface area contributed by atoms with Crippen LogP contribution in [0.5, 0.6) is 0 Å². The molecule has 0 bridgehead atoms. The Morgan fingerprint density at radius 1 is 1.03 bits per heavy atom. The fraction of sp³-hybridized carbons (Fsp3) is 0.103. The van der Waals surface area contributed by atoms with Gasteiger partial charge in [0.25, 0.3) is 0 Å². The van der Waals surface area contributed by atoms with E-state index in [4.69, 9.17) is 15.2 Å². The maximum atomic E-state index is 13.2. The highest BCUT2D eigenvalue weighted by molar-refractivity contribution is 9.10. The molecule has 0 aliphatic carbocycles. The third kappa shape index (κ3) is 4.53. The van der Waals surface area contributed by atoms with E-state index in [2.05, 4.69) is 32.0 Å². The first-order valence-electron chi connectivity index (χ1n) is 11.8. The van der Waals surface area contributed by atoms with E-state index in [0.29, 0.717) is 17.1 Å². The number of aromatic nitrogens is 2. The summed E-state index contributed by atoms with van der Waals surface area (Å²) in [6.07, 6.45) is 0. The Balaban J connectivity index is 1.67. The van der Waals surface area contributed by atoms with Crippen molar-refractivity contribution in [3.63, 3.8) is 0 Å². The lowest BCUT2D eigenvalue weighted by Crippen LogP contribution is -2.40. The zero-order chi connectivity index (χ0) is 27.7. The van der Waals surface area contributed by atoms with Gasteiger partial charge in [-0.1, -0.05) is 46.3 Å². The van der Waals surface area contributed by atoms with Gasteiger partial charge in [0, 0.05) is 15.7 Å². The molecule has 3 N–H and O–H groups in total. The van der Waals surface area contributed by atoms with Crippen LogP contribution in [0.15, 0.2) is 99.9 Å². The highest BCUT2D eigenvalue weighted by atomic mass is 79.9. The lowest BCUT2D eigenvalue weighted by Gasteiger charge is -2.35. The number of H-pyrrole nitrogens is 1. The lowest BCUT2D eigenvalue weighted by atomic mass is 9.81. The quantitative estimate of drug-likeness (QED) is 0.317. The fourth-order valence-electron chi connectivity index (χ4n) is 4.67. The Bertz CT molecular complexity index is 1700. The summed E-state index contributed by atoms with van der Waals surface area (Å²) < 4.78 is 11.1. The second kappa shape index (κ2) is 10.5. The molecule has 0 fully saturated rings. The molecule has 1 aliphatic rings. The number of carbonyl (C=O) groups excluding carboxylic acids is 2. The van der Waals surface area contributed by atoms with Gasteiger partial charge in [-0.2, -0.15) is 5.26 Å². The molecule has 3 aromatic carbocycles. The average Bonchev–Trinajstić information content (AvgIpc) is 3.39. The predicted molar refractivity (Wildman–Crippen MR) is 149 cm³/mol. The van der Waals surface area contributed by atoms with Crippen molar-refractivity contribution in [1.82, 2.24) is 9.97 Å². The summed E-state index contributed by atoms with van der Waals surface area (Å²) in [5, 5.41) is 10.2. The Morgan fingerprint density at radius 2 is 1.72 bits per heavy atom.